The molecular formula is C24H30ClFN2O. The zero-order valence-corrected chi connectivity index (χ0v) is 18.0. The Morgan fingerprint density at radius 3 is 2.55 bits per heavy atom. The van der Waals surface area contributed by atoms with Crippen molar-refractivity contribution < 1.29 is 9.50 Å². The van der Waals surface area contributed by atoms with Crippen LogP contribution in [0.1, 0.15) is 55.3 Å². The van der Waals surface area contributed by atoms with E-state index in [2.05, 4.69) is 35.8 Å². The molecule has 1 aliphatic carbocycles. The predicted molar refractivity (Wildman–Crippen MR) is 116 cm³/mol. The quantitative estimate of drug-likeness (QED) is 0.755. The second-order valence-electron chi connectivity index (χ2n) is 8.98. The fraction of sp³-hybridized carbons (Fsp3) is 0.500. The second kappa shape index (κ2) is 8.35. The number of hydrogen-bond donors (Lipinski definition) is 1. The Kier molecular flexibility index (Phi) is 5.99. The summed E-state index contributed by atoms with van der Waals surface area (Å²) in [7, 11) is 0. The normalized spacial score (nSPS) is 24.6. The number of nitrogens with zero attached hydrogens (tertiary/aromatic N) is 2. The molecule has 0 unspecified atom stereocenters. The van der Waals surface area contributed by atoms with E-state index in [1.54, 1.807) is 12.1 Å². The second-order valence-corrected chi connectivity index (χ2v) is 9.41. The van der Waals surface area contributed by atoms with Gasteiger partial charge in [0.1, 0.15) is 5.82 Å². The Morgan fingerprint density at radius 1 is 1.10 bits per heavy atom. The predicted octanol–water partition coefficient (Wildman–Crippen LogP) is 4.83. The van der Waals surface area contributed by atoms with Crippen LogP contribution in [0, 0.1) is 5.82 Å². The van der Waals surface area contributed by atoms with Crippen LogP contribution in [-0.2, 0) is 0 Å². The molecule has 4 rings (SSSR count). The summed E-state index contributed by atoms with van der Waals surface area (Å²) in [4.78, 5) is 5.08. The summed E-state index contributed by atoms with van der Waals surface area (Å²) >= 11 is 6.38. The van der Waals surface area contributed by atoms with Crippen molar-refractivity contribution in [1.29, 1.82) is 0 Å². The summed E-state index contributed by atoms with van der Waals surface area (Å²) in [6, 6.07) is 13.5. The standard InChI is InChI=1S/C24H30ClFN2O/c1-24(2)16-27(11-12-28(24)10-3-13-29)23-15-21(17-4-7-19(26)8-5-17)20-9-6-18(25)14-22(20)23/h4-9,14,21,23,29H,3,10-13,15-16H2,1-2H3/t21-,23+/m1/s1. The average Bonchev–Trinajstić information content (AvgIpc) is 3.05. The SMILES string of the molecule is CC1(C)CN([C@H]2C[C@H](c3ccc(F)cc3)c3ccc(Cl)cc32)CCN1CCCO. The molecule has 1 saturated heterocycles. The summed E-state index contributed by atoms with van der Waals surface area (Å²) in [5.41, 5.74) is 3.84. The van der Waals surface area contributed by atoms with Crippen LogP contribution >= 0.6 is 11.6 Å². The van der Waals surface area contributed by atoms with E-state index in [0.717, 1.165) is 44.0 Å². The maximum Gasteiger partial charge on any atom is 0.123 e. The summed E-state index contributed by atoms with van der Waals surface area (Å²) in [5, 5.41) is 9.98. The van der Waals surface area contributed by atoms with Crippen molar-refractivity contribution in [3.8, 4) is 0 Å². The number of benzene rings is 2. The average molecular weight is 417 g/mol. The van der Waals surface area contributed by atoms with Crippen molar-refractivity contribution in [1.82, 2.24) is 9.80 Å². The van der Waals surface area contributed by atoms with Crippen LogP contribution in [0.3, 0.4) is 0 Å². The van der Waals surface area contributed by atoms with Gasteiger partial charge in [-0.15, -0.1) is 0 Å². The lowest BCUT2D eigenvalue weighted by molar-refractivity contribution is -0.00372. The zero-order valence-electron chi connectivity index (χ0n) is 17.2. The molecule has 1 N–H and O–H groups in total. The summed E-state index contributed by atoms with van der Waals surface area (Å²) in [6.45, 7) is 8.74. The van der Waals surface area contributed by atoms with Gasteiger partial charge in [-0.3, -0.25) is 9.80 Å². The van der Waals surface area contributed by atoms with Crippen LogP contribution in [0.15, 0.2) is 42.5 Å². The van der Waals surface area contributed by atoms with Crippen molar-refractivity contribution in [2.45, 2.75) is 44.2 Å². The van der Waals surface area contributed by atoms with E-state index < -0.39 is 0 Å². The van der Waals surface area contributed by atoms with Crippen LogP contribution in [-0.4, -0.2) is 53.2 Å². The highest BCUT2D eigenvalue weighted by atomic mass is 35.5. The number of hydrogen-bond acceptors (Lipinski definition) is 3. The van der Waals surface area contributed by atoms with E-state index in [4.69, 9.17) is 11.6 Å². The van der Waals surface area contributed by atoms with Gasteiger partial charge >= 0.3 is 0 Å². The lowest BCUT2D eigenvalue weighted by Crippen LogP contribution is -2.59. The molecule has 3 nitrogen and oxygen atoms in total. The van der Waals surface area contributed by atoms with Gasteiger partial charge in [0.25, 0.3) is 0 Å². The molecule has 5 heteroatoms. The molecule has 1 heterocycles. The third-order valence-electron chi connectivity index (χ3n) is 6.64. The molecule has 0 bridgehead atoms. The lowest BCUT2D eigenvalue weighted by Gasteiger charge is -2.49. The van der Waals surface area contributed by atoms with E-state index in [0.29, 0.717) is 6.04 Å². The minimum atomic E-state index is -0.194. The van der Waals surface area contributed by atoms with E-state index in [-0.39, 0.29) is 23.9 Å². The topological polar surface area (TPSA) is 26.7 Å². The van der Waals surface area contributed by atoms with Gasteiger partial charge in [0, 0.05) is 55.3 Å². The monoisotopic (exact) mass is 416 g/mol. The summed E-state index contributed by atoms with van der Waals surface area (Å²) in [5.74, 6) is 0.0729. The summed E-state index contributed by atoms with van der Waals surface area (Å²) < 4.78 is 13.5. The third kappa shape index (κ3) is 4.22. The molecule has 2 aromatic rings. The van der Waals surface area contributed by atoms with Crippen LogP contribution in [0.2, 0.25) is 5.02 Å². The number of aliphatic hydroxyl groups is 1. The molecule has 156 valence electrons. The van der Waals surface area contributed by atoms with E-state index in [9.17, 15) is 9.50 Å². The number of aliphatic hydroxyl groups excluding tert-OH is 1. The fourth-order valence-corrected chi connectivity index (χ4v) is 5.34. The maximum absolute atomic E-state index is 13.5. The van der Waals surface area contributed by atoms with Gasteiger partial charge in [0.2, 0.25) is 0 Å². The molecule has 0 aromatic heterocycles. The van der Waals surface area contributed by atoms with Crippen LogP contribution in [0.5, 0.6) is 0 Å². The van der Waals surface area contributed by atoms with Gasteiger partial charge < -0.3 is 5.11 Å². The van der Waals surface area contributed by atoms with Gasteiger partial charge in [-0.1, -0.05) is 29.8 Å². The molecular weight excluding hydrogens is 387 g/mol. The molecule has 0 amide bonds. The van der Waals surface area contributed by atoms with Crippen molar-refractivity contribution in [3.63, 3.8) is 0 Å². The highest BCUT2D eigenvalue weighted by Crippen LogP contribution is 2.48. The highest BCUT2D eigenvalue weighted by molar-refractivity contribution is 6.30. The molecule has 1 aliphatic heterocycles. The smallest absolute Gasteiger partial charge is 0.123 e. The van der Waals surface area contributed by atoms with Gasteiger partial charge in [-0.2, -0.15) is 0 Å². The van der Waals surface area contributed by atoms with Crippen LogP contribution in [0.25, 0.3) is 0 Å². The largest absolute Gasteiger partial charge is 0.396 e. The first-order valence-electron chi connectivity index (χ1n) is 10.5. The van der Waals surface area contributed by atoms with E-state index in [1.807, 2.05) is 18.2 Å². The van der Waals surface area contributed by atoms with Crippen molar-refractivity contribution in [2.75, 3.05) is 32.8 Å². The lowest BCUT2D eigenvalue weighted by atomic mass is 9.92. The summed E-state index contributed by atoms with van der Waals surface area (Å²) in [6.07, 6.45) is 1.81. The first-order chi connectivity index (χ1) is 13.9. The van der Waals surface area contributed by atoms with Gasteiger partial charge in [0.05, 0.1) is 0 Å². The molecule has 2 atom stereocenters. The van der Waals surface area contributed by atoms with Gasteiger partial charge in [-0.25, -0.2) is 4.39 Å². The number of halogens is 2. The first kappa shape index (κ1) is 20.8. The minimum absolute atomic E-state index is 0.0557. The molecule has 0 spiro atoms. The Morgan fingerprint density at radius 2 is 1.86 bits per heavy atom. The molecule has 29 heavy (non-hydrogen) atoms. The molecule has 2 aliphatic rings. The van der Waals surface area contributed by atoms with Crippen molar-refractivity contribution in [3.05, 3.63) is 70.0 Å². The zero-order chi connectivity index (χ0) is 20.6. The molecule has 0 saturated carbocycles. The Hall–Kier alpha value is -1.46. The third-order valence-corrected chi connectivity index (χ3v) is 6.88. The fourth-order valence-electron chi connectivity index (χ4n) is 5.16. The van der Waals surface area contributed by atoms with Crippen molar-refractivity contribution in [2.24, 2.45) is 0 Å². The van der Waals surface area contributed by atoms with Gasteiger partial charge in [0.15, 0.2) is 0 Å². The Balaban J connectivity index is 1.60. The maximum atomic E-state index is 13.5. The van der Waals surface area contributed by atoms with E-state index >= 15 is 0 Å². The van der Waals surface area contributed by atoms with E-state index in [1.165, 1.54) is 16.7 Å². The molecule has 0 radical (unpaired) electrons. The van der Waals surface area contributed by atoms with Crippen LogP contribution in [0.4, 0.5) is 4.39 Å². The van der Waals surface area contributed by atoms with Crippen LogP contribution < -0.4 is 0 Å². The number of rotatable bonds is 5. The Labute approximate surface area is 178 Å². The van der Waals surface area contributed by atoms with Crippen molar-refractivity contribution >= 4 is 11.6 Å². The minimum Gasteiger partial charge on any atom is -0.396 e. The first-order valence-corrected chi connectivity index (χ1v) is 10.9. The highest BCUT2D eigenvalue weighted by Gasteiger charge is 2.41. The Bertz CT molecular complexity index is 854. The number of fused-ring (bicyclic) bond motifs is 1. The number of piperazine rings is 1. The molecule has 2 aromatic carbocycles. The molecule has 1 fully saturated rings. The van der Waals surface area contributed by atoms with Gasteiger partial charge in [-0.05, 0) is 67.6 Å².